The van der Waals surface area contributed by atoms with Crippen LogP contribution in [0.2, 0.25) is 0 Å². The minimum absolute atomic E-state index is 0.166. The first-order valence-corrected chi connectivity index (χ1v) is 4.27. The Morgan fingerprint density at radius 2 is 2.43 bits per heavy atom. The van der Waals surface area contributed by atoms with Gasteiger partial charge in [-0.3, -0.25) is 0 Å². The first kappa shape index (κ1) is 10.7. The SMILES string of the molecule is CCOC(=O)[C@](C)(O)[C@H]1C=CC(=O)O1. The average molecular weight is 200 g/mol. The quantitative estimate of drug-likeness (QED) is 0.638. The highest BCUT2D eigenvalue weighted by atomic mass is 16.6. The molecule has 0 aliphatic carbocycles. The topological polar surface area (TPSA) is 72.8 Å². The van der Waals surface area contributed by atoms with Gasteiger partial charge in [0.2, 0.25) is 0 Å². The molecule has 1 rings (SSSR count). The standard InChI is InChI=1S/C9H12O5/c1-3-13-8(11)9(2,12)6-4-5-7(10)14-6/h4-6,12H,3H2,1-2H3/t6-,9-/m1/s1. The fourth-order valence-corrected chi connectivity index (χ4v) is 1.07. The molecule has 1 aliphatic rings. The van der Waals surface area contributed by atoms with Crippen molar-refractivity contribution in [1.29, 1.82) is 0 Å². The molecule has 78 valence electrons. The summed E-state index contributed by atoms with van der Waals surface area (Å²) in [6.07, 6.45) is 1.53. The minimum Gasteiger partial charge on any atom is -0.464 e. The van der Waals surface area contributed by atoms with E-state index in [0.717, 1.165) is 0 Å². The van der Waals surface area contributed by atoms with Crippen LogP contribution in [-0.4, -0.2) is 35.4 Å². The summed E-state index contributed by atoms with van der Waals surface area (Å²) in [6, 6.07) is 0. The number of carbonyl (C=O) groups excluding carboxylic acids is 2. The highest BCUT2D eigenvalue weighted by molar-refractivity contribution is 5.87. The van der Waals surface area contributed by atoms with Crippen molar-refractivity contribution >= 4 is 11.9 Å². The van der Waals surface area contributed by atoms with Crippen molar-refractivity contribution in [2.75, 3.05) is 6.61 Å². The molecule has 0 aromatic carbocycles. The molecular weight excluding hydrogens is 188 g/mol. The molecule has 1 N–H and O–H groups in total. The Labute approximate surface area is 81.3 Å². The van der Waals surface area contributed by atoms with Gasteiger partial charge >= 0.3 is 11.9 Å². The van der Waals surface area contributed by atoms with E-state index in [1.54, 1.807) is 6.92 Å². The van der Waals surface area contributed by atoms with Crippen molar-refractivity contribution in [1.82, 2.24) is 0 Å². The van der Waals surface area contributed by atoms with Gasteiger partial charge in [0.05, 0.1) is 6.61 Å². The van der Waals surface area contributed by atoms with Crippen LogP contribution in [0.5, 0.6) is 0 Å². The fraction of sp³-hybridized carbons (Fsp3) is 0.556. The van der Waals surface area contributed by atoms with Crippen LogP contribution in [-0.2, 0) is 19.1 Å². The second-order valence-electron chi connectivity index (χ2n) is 3.08. The molecule has 0 amide bonds. The maximum Gasteiger partial charge on any atom is 0.342 e. The van der Waals surface area contributed by atoms with Gasteiger partial charge in [0.1, 0.15) is 0 Å². The van der Waals surface area contributed by atoms with Gasteiger partial charge < -0.3 is 14.6 Å². The summed E-state index contributed by atoms with van der Waals surface area (Å²) in [5, 5.41) is 9.73. The largest absolute Gasteiger partial charge is 0.464 e. The minimum atomic E-state index is -1.82. The Balaban J connectivity index is 2.70. The monoisotopic (exact) mass is 200 g/mol. The molecule has 1 aliphatic heterocycles. The third-order valence-electron chi connectivity index (χ3n) is 1.89. The van der Waals surface area contributed by atoms with Gasteiger partial charge in [-0.2, -0.15) is 0 Å². The Hall–Kier alpha value is -1.36. The molecule has 0 spiro atoms. The summed E-state index contributed by atoms with van der Waals surface area (Å²) in [5.41, 5.74) is -1.82. The summed E-state index contributed by atoms with van der Waals surface area (Å²) < 4.78 is 9.33. The fourth-order valence-electron chi connectivity index (χ4n) is 1.07. The van der Waals surface area contributed by atoms with Gasteiger partial charge in [0.25, 0.3) is 0 Å². The molecule has 0 unspecified atom stereocenters. The predicted molar refractivity (Wildman–Crippen MR) is 46.3 cm³/mol. The number of esters is 2. The number of rotatable bonds is 3. The molecule has 2 atom stereocenters. The number of cyclic esters (lactones) is 1. The molecule has 0 bridgehead atoms. The summed E-state index contributed by atoms with van der Waals surface area (Å²) in [7, 11) is 0. The Bertz CT molecular complexity index is 279. The molecule has 1 heterocycles. The predicted octanol–water partition coefficient (Wildman–Crippen LogP) is -0.218. The zero-order valence-corrected chi connectivity index (χ0v) is 8.02. The maximum absolute atomic E-state index is 11.3. The van der Waals surface area contributed by atoms with Crippen LogP contribution < -0.4 is 0 Å². The molecule has 0 radical (unpaired) electrons. The van der Waals surface area contributed by atoms with E-state index in [1.165, 1.54) is 19.1 Å². The first-order valence-electron chi connectivity index (χ1n) is 4.27. The van der Waals surface area contributed by atoms with Crippen LogP contribution in [0.4, 0.5) is 0 Å². The number of carbonyl (C=O) groups is 2. The zero-order valence-electron chi connectivity index (χ0n) is 8.02. The Morgan fingerprint density at radius 3 is 2.86 bits per heavy atom. The smallest absolute Gasteiger partial charge is 0.342 e. The van der Waals surface area contributed by atoms with Crippen molar-refractivity contribution < 1.29 is 24.2 Å². The van der Waals surface area contributed by atoms with E-state index < -0.39 is 23.6 Å². The van der Waals surface area contributed by atoms with Crippen molar-refractivity contribution in [3.8, 4) is 0 Å². The molecule has 0 fully saturated rings. The highest BCUT2D eigenvalue weighted by Crippen LogP contribution is 2.20. The second kappa shape index (κ2) is 3.79. The number of hydrogen-bond acceptors (Lipinski definition) is 5. The molecule has 5 nitrogen and oxygen atoms in total. The van der Waals surface area contributed by atoms with Crippen molar-refractivity contribution in [2.45, 2.75) is 25.6 Å². The average Bonchev–Trinajstić information content (AvgIpc) is 2.52. The van der Waals surface area contributed by atoms with Crippen molar-refractivity contribution in [3.05, 3.63) is 12.2 Å². The third-order valence-corrected chi connectivity index (χ3v) is 1.89. The highest BCUT2D eigenvalue weighted by Gasteiger charge is 2.43. The summed E-state index contributed by atoms with van der Waals surface area (Å²) >= 11 is 0. The van der Waals surface area contributed by atoms with Crippen molar-refractivity contribution in [3.63, 3.8) is 0 Å². The Kier molecular flexibility index (Phi) is 2.90. The summed E-state index contributed by atoms with van der Waals surface area (Å²) in [5.74, 6) is -1.37. The van der Waals surface area contributed by atoms with Gasteiger partial charge in [-0.1, -0.05) is 0 Å². The molecule has 5 heteroatoms. The lowest BCUT2D eigenvalue weighted by Gasteiger charge is -2.25. The molecule has 0 aromatic heterocycles. The van der Waals surface area contributed by atoms with E-state index in [2.05, 4.69) is 4.74 Å². The molecule has 0 saturated carbocycles. The zero-order chi connectivity index (χ0) is 10.8. The van der Waals surface area contributed by atoms with Crippen LogP contribution in [0.25, 0.3) is 0 Å². The van der Waals surface area contributed by atoms with Gasteiger partial charge in [-0.05, 0) is 19.9 Å². The normalized spacial score (nSPS) is 24.2. The lowest BCUT2D eigenvalue weighted by Crippen LogP contribution is -2.47. The molecule has 0 saturated heterocycles. The lowest BCUT2D eigenvalue weighted by molar-refractivity contribution is -0.176. The van der Waals surface area contributed by atoms with E-state index in [-0.39, 0.29) is 6.61 Å². The van der Waals surface area contributed by atoms with Crippen LogP contribution in [0, 0.1) is 0 Å². The molecule has 14 heavy (non-hydrogen) atoms. The van der Waals surface area contributed by atoms with E-state index in [4.69, 9.17) is 4.74 Å². The van der Waals surface area contributed by atoms with Crippen LogP contribution >= 0.6 is 0 Å². The molecular formula is C9H12O5. The number of aliphatic hydroxyl groups is 1. The van der Waals surface area contributed by atoms with Gasteiger partial charge in [-0.25, -0.2) is 9.59 Å². The van der Waals surface area contributed by atoms with Gasteiger partial charge in [0.15, 0.2) is 11.7 Å². The Morgan fingerprint density at radius 1 is 1.79 bits per heavy atom. The van der Waals surface area contributed by atoms with Gasteiger partial charge in [0, 0.05) is 6.08 Å². The number of hydrogen-bond donors (Lipinski definition) is 1. The van der Waals surface area contributed by atoms with Crippen LogP contribution in [0.15, 0.2) is 12.2 Å². The van der Waals surface area contributed by atoms with E-state index >= 15 is 0 Å². The maximum atomic E-state index is 11.3. The second-order valence-corrected chi connectivity index (χ2v) is 3.08. The summed E-state index contributed by atoms with van der Waals surface area (Å²) in [4.78, 5) is 22.0. The lowest BCUT2D eigenvalue weighted by atomic mass is 10.00. The third kappa shape index (κ3) is 1.93. The van der Waals surface area contributed by atoms with Gasteiger partial charge in [-0.15, -0.1) is 0 Å². The van der Waals surface area contributed by atoms with E-state index in [0.29, 0.717) is 0 Å². The summed E-state index contributed by atoms with van der Waals surface area (Å²) in [6.45, 7) is 3.04. The van der Waals surface area contributed by atoms with E-state index in [1.807, 2.05) is 0 Å². The van der Waals surface area contributed by atoms with Crippen LogP contribution in [0.1, 0.15) is 13.8 Å². The first-order chi connectivity index (χ1) is 6.48. The molecule has 0 aromatic rings. The van der Waals surface area contributed by atoms with E-state index in [9.17, 15) is 14.7 Å². The van der Waals surface area contributed by atoms with Crippen LogP contribution in [0.3, 0.4) is 0 Å². The van der Waals surface area contributed by atoms with Crippen molar-refractivity contribution in [2.24, 2.45) is 0 Å². The number of ether oxygens (including phenoxy) is 2.